The van der Waals surface area contributed by atoms with Crippen molar-refractivity contribution in [3.8, 4) is 22.1 Å². The molecule has 154 valence electrons. The summed E-state index contributed by atoms with van der Waals surface area (Å²) in [7, 11) is 3.25. The van der Waals surface area contributed by atoms with Gasteiger partial charge in [-0.15, -0.1) is 11.3 Å². The summed E-state index contributed by atoms with van der Waals surface area (Å²) in [5.41, 5.74) is 1.67. The fourth-order valence-corrected chi connectivity index (χ4v) is 6.93. The highest BCUT2D eigenvalue weighted by atomic mass is 32.1. The van der Waals surface area contributed by atoms with Crippen LogP contribution in [0.5, 0.6) is 11.5 Å². The van der Waals surface area contributed by atoms with E-state index in [1.54, 1.807) is 14.2 Å². The summed E-state index contributed by atoms with van der Waals surface area (Å²) in [4.78, 5) is 17.6. The molecule has 4 bridgehead atoms. The van der Waals surface area contributed by atoms with Crippen molar-refractivity contribution in [2.45, 2.75) is 38.7 Å². The zero-order valence-electron chi connectivity index (χ0n) is 16.9. The van der Waals surface area contributed by atoms with Gasteiger partial charge in [-0.25, -0.2) is 4.98 Å². The van der Waals surface area contributed by atoms with E-state index in [-0.39, 0.29) is 18.5 Å². The number of nitrogens with zero attached hydrogens (tertiary/aromatic N) is 1. The summed E-state index contributed by atoms with van der Waals surface area (Å²) >= 11 is 1.52. The van der Waals surface area contributed by atoms with Gasteiger partial charge in [-0.2, -0.15) is 0 Å². The molecule has 0 saturated heterocycles. The van der Waals surface area contributed by atoms with E-state index in [0.29, 0.717) is 23.3 Å². The first kappa shape index (κ1) is 18.9. The minimum atomic E-state index is -0.00712. The topological polar surface area (TPSA) is 57.7 Å². The van der Waals surface area contributed by atoms with Crippen LogP contribution >= 0.6 is 11.3 Å². The Bertz CT molecular complexity index is 880. The van der Waals surface area contributed by atoms with Crippen molar-refractivity contribution in [2.75, 3.05) is 14.2 Å². The predicted octanol–water partition coefficient (Wildman–Crippen LogP) is 4.94. The Hall–Kier alpha value is -2.08. The summed E-state index contributed by atoms with van der Waals surface area (Å²) in [6.07, 6.45) is 6.29. The molecule has 1 heterocycles. The fraction of sp³-hybridized carbons (Fsp3) is 0.565. The number of esters is 1. The number of hydrogen-bond donors (Lipinski definition) is 0. The van der Waals surface area contributed by atoms with E-state index in [4.69, 9.17) is 14.2 Å². The SMILES string of the molecule is COc1cccc(-c2nc(COC(=O)C3C4CC5CC(C4)CC3C5)cs2)c1OC. The van der Waals surface area contributed by atoms with Gasteiger partial charge >= 0.3 is 5.97 Å². The van der Waals surface area contributed by atoms with Crippen molar-refractivity contribution in [2.24, 2.45) is 29.6 Å². The van der Waals surface area contributed by atoms with Crippen LogP contribution in [0, 0.1) is 29.6 Å². The quantitative estimate of drug-likeness (QED) is 0.628. The van der Waals surface area contributed by atoms with Gasteiger partial charge in [-0.1, -0.05) is 6.07 Å². The standard InChI is InChI=1S/C23H27NO4S/c1-26-19-5-3-4-18(21(19)27-2)22-24-17(12-29-22)11-28-23(25)20-15-7-13-6-14(9-15)10-16(20)8-13/h3-5,12-16,20H,6-11H2,1-2H3. The molecule has 1 aromatic heterocycles. The van der Waals surface area contributed by atoms with Crippen LogP contribution in [0.15, 0.2) is 23.6 Å². The molecular formula is C23H27NO4S. The third-order valence-corrected chi connectivity index (χ3v) is 7.97. The Kier molecular flexibility index (Phi) is 4.98. The van der Waals surface area contributed by atoms with Crippen LogP contribution < -0.4 is 9.47 Å². The van der Waals surface area contributed by atoms with Gasteiger partial charge < -0.3 is 14.2 Å². The van der Waals surface area contributed by atoms with Crippen LogP contribution in [-0.4, -0.2) is 25.2 Å². The van der Waals surface area contributed by atoms with Crippen LogP contribution in [0.2, 0.25) is 0 Å². The lowest BCUT2D eigenvalue weighted by Crippen LogP contribution is -2.48. The van der Waals surface area contributed by atoms with Crippen LogP contribution in [-0.2, 0) is 16.1 Å². The van der Waals surface area contributed by atoms with Gasteiger partial charge in [0.2, 0.25) is 0 Å². The Morgan fingerprint density at radius 3 is 2.45 bits per heavy atom. The van der Waals surface area contributed by atoms with E-state index in [0.717, 1.165) is 28.1 Å². The van der Waals surface area contributed by atoms with Crippen LogP contribution in [0.25, 0.3) is 10.6 Å². The van der Waals surface area contributed by atoms with Gasteiger partial charge in [0.05, 0.1) is 31.4 Å². The summed E-state index contributed by atoms with van der Waals surface area (Å²) in [5, 5.41) is 2.79. The molecule has 0 amide bonds. The third-order valence-electron chi connectivity index (χ3n) is 7.05. The maximum Gasteiger partial charge on any atom is 0.309 e. The average Bonchev–Trinajstić information content (AvgIpc) is 3.19. The average molecular weight is 414 g/mol. The Labute approximate surface area is 175 Å². The molecule has 6 rings (SSSR count). The Balaban J connectivity index is 1.26. The predicted molar refractivity (Wildman–Crippen MR) is 111 cm³/mol. The minimum absolute atomic E-state index is 0.00712. The molecule has 29 heavy (non-hydrogen) atoms. The molecule has 0 atom stereocenters. The molecule has 0 aliphatic heterocycles. The van der Waals surface area contributed by atoms with E-state index in [1.807, 2.05) is 23.6 Å². The van der Waals surface area contributed by atoms with Crippen LogP contribution in [0.1, 0.15) is 37.8 Å². The zero-order chi connectivity index (χ0) is 20.0. The first-order chi connectivity index (χ1) is 14.2. The normalized spacial score (nSPS) is 29.7. The molecule has 4 aliphatic carbocycles. The molecular weight excluding hydrogens is 386 g/mol. The number of carbonyl (C=O) groups is 1. The second-order valence-corrected chi connectivity index (χ2v) is 9.61. The Morgan fingerprint density at radius 2 is 1.79 bits per heavy atom. The number of rotatable bonds is 6. The van der Waals surface area contributed by atoms with Crippen molar-refractivity contribution in [1.82, 2.24) is 4.98 Å². The van der Waals surface area contributed by atoms with Gasteiger partial charge in [-0.3, -0.25) is 4.79 Å². The lowest BCUT2D eigenvalue weighted by atomic mass is 9.52. The van der Waals surface area contributed by atoms with Crippen molar-refractivity contribution in [1.29, 1.82) is 0 Å². The van der Waals surface area contributed by atoms with E-state index in [1.165, 1.54) is 43.4 Å². The molecule has 0 spiro atoms. The van der Waals surface area contributed by atoms with Crippen molar-refractivity contribution in [3.05, 3.63) is 29.3 Å². The van der Waals surface area contributed by atoms with Crippen molar-refractivity contribution >= 4 is 17.3 Å². The third kappa shape index (κ3) is 3.41. The number of hydrogen-bond acceptors (Lipinski definition) is 6. The number of aromatic nitrogens is 1. The second kappa shape index (κ2) is 7.63. The van der Waals surface area contributed by atoms with Gasteiger partial charge in [0, 0.05) is 5.38 Å². The smallest absolute Gasteiger partial charge is 0.309 e. The highest BCUT2D eigenvalue weighted by Gasteiger charge is 2.51. The summed E-state index contributed by atoms with van der Waals surface area (Å²) in [5.74, 6) is 4.26. The van der Waals surface area contributed by atoms with Gasteiger partial charge in [0.15, 0.2) is 11.5 Å². The lowest BCUT2D eigenvalue weighted by molar-refractivity contribution is -0.163. The monoisotopic (exact) mass is 413 g/mol. The van der Waals surface area contributed by atoms with Gasteiger partial charge in [0.1, 0.15) is 11.6 Å². The van der Waals surface area contributed by atoms with Gasteiger partial charge in [0.25, 0.3) is 0 Å². The zero-order valence-corrected chi connectivity index (χ0v) is 17.7. The molecule has 4 aliphatic rings. The number of methoxy groups -OCH3 is 2. The summed E-state index contributed by atoms with van der Waals surface area (Å²) < 4.78 is 16.7. The largest absolute Gasteiger partial charge is 0.493 e. The van der Waals surface area contributed by atoms with Crippen LogP contribution in [0.4, 0.5) is 0 Å². The molecule has 0 N–H and O–H groups in total. The summed E-state index contributed by atoms with van der Waals surface area (Å²) in [6.45, 7) is 0.240. The first-order valence-electron chi connectivity index (χ1n) is 10.5. The molecule has 4 saturated carbocycles. The van der Waals surface area contributed by atoms with Crippen molar-refractivity contribution < 1.29 is 19.0 Å². The highest BCUT2D eigenvalue weighted by Crippen LogP contribution is 2.56. The molecule has 5 nitrogen and oxygen atoms in total. The second-order valence-electron chi connectivity index (χ2n) is 8.75. The van der Waals surface area contributed by atoms with Crippen molar-refractivity contribution in [3.63, 3.8) is 0 Å². The Morgan fingerprint density at radius 1 is 1.07 bits per heavy atom. The lowest BCUT2D eigenvalue weighted by Gasteiger charge is -2.53. The van der Waals surface area contributed by atoms with Gasteiger partial charge in [-0.05, 0) is 67.9 Å². The molecule has 2 aromatic rings. The first-order valence-corrected chi connectivity index (χ1v) is 11.4. The molecule has 1 aromatic carbocycles. The summed E-state index contributed by atoms with van der Waals surface area (Å²) in [6, 6.07) is 5.75. The maximum atomic E-state index is 12.9. The molecule has 0 radical (unpaired) electrons. The van der Waals surface area contributed by atoms with E-state index in [2.05, 4.69) is 4.98 Å². The molecule has 4 fully saturated rings. The number of carbonyl (C=O) groups excluding carboxylic acids is 1. The molecule has 6 heteroatoms. The minimum Gasteiger partial charge on any atom is -0.493 e. The number of thiazole rings is 1. The fourth-order valence-electron chi connectivity index (χ4n) is 6.10. The van der Waals surface area contributed by atoms with E-state index in [9.17, 15) is 4.79 Å². The number of para-hydroxylation sites is 1. The van der Waals surface area contributed by atoms with E-state index >= 15 is 0 Å². The number of ether oxygens (including phenoxy) is 3. The maximum absolute atomic E-state index is 12.9. The highest BCUT2D eigenvalue weighted by molar-refractivity contribution is 7.13. The number of benzene rings is 1. The molecule has 0 unspecified atom stereocenters. The van der Waals surface area contributed by atoms with Crippen LogP contribution in [0.3, 0.4) is 0 Å². The van der Waals surface area contributed by atoms with E-state index < -0.39 is 0 Å².